The molecule has 5 heteroatoms. The summed E-state index contributed by atoms with van der Waals surface area (Å²) in [5, 5.41) is 12.7. The SMILES string of the molecule is C[C@H](C1CCCCC1)N1O[C@H]1c1ccc([N+](=O)[O-])cc1. The van der Waals surface area contributed by atoms with E-state index < -0.39 is 0 Å². The molecule has 0 aromatic heterocycles. The van der Waals surface area contributed by atoms with Crippen LogP contribution >= 0.6 is 0 Å². The van der Waals surface area contributed by atoms with Crippen molar-refractivity contribution < 1.29 is 9.76 Å². The molecule has 20 heavy (non-hydrogen) atoms. The Balaban J connectivity index is 1.61. The van der Waals surface area contributed by atoms with Crippen LogP contribution in [-0.2, 0) is 4.84 Å². The van der Waals surface area contributed by atoms with Crippen LogP contribution in [0, 0.1) is 16.0 Å². The van der Waals surface area contributed by atoms with Crippen molar-refractivity contribution >= 4 is 5.69 Å². The second kappa shape index (κ2) is 5.50. The van der Waals surface area contributed by atoms with Gasteiger partial charge < -0.3 is 0 Å². The van der Waals surface area contributed by atoms with Crippen LogP contribution in [0.15, 0.2) is 24.3 Å². The highest BCUT2D eigenvalue weighted by Gasteiger charge is 2.44. The fraction of sp³-hybridized carbons (Fsp3) is 0.600. The smallest absolute Gasteiger partial charge is 0.269 e. The van der Waals surface area contributed by atoms with Gasteiger partial charge in [0.15, 0.2) is 6.23 Å². The number of rotatable bonds is 4. The van der Waals surface area contributed by atoms with Crippen LogP contribution in [0.25, 0.3) is 0 Å². The number of nitro groups is 1. The Labute approximate surface area is 118 Å². The predicted molar refractivity (Wildman–Crippen MR) is 74.8 cm³/mol. The van der Waals surface area contributed by atoms with E-state index in [2.05, 4.69) is 6.92 Å². The van der Waals surface area contributed by atoms with E-state index in [0.717, 1.165) is 5.56 Å². The van der Waals surface area contributed by atoms with Gasteiger partial charge in [0.1, 0.15) is 0 Å². The highest BCUT2D eigenvalue weighted by molar-refractivity contribution is 5.34. The van der Waals surface area contributed by atoms with Crippen molar-refractivity contribution in [2.75, 3.05) is 0 Å². The molecule has 1 aromatic carbocycles. The molecule has 108 valence electrons. The molecule has 1 heterocycles. The molecule has 2 aliphatic rings. The van der Waals surface area contributed by atoms with Gasteiger partial charge in [0.2, 0.25) is 0 Å². The van der Waals surface area contributed by atoms with E-state index in [-0.39, 0.29) is 16.8 Å². The molecule has 3 rings (SSSR count). The van der Waals surface area contributed by atoms with E-state index in [0.29, 0.717) is 12.0 Å². The first-order valence-electron chi connectivity index (χ1n) is 7.36. The third kappa shape index (κ3) is 2.69. The normalized spacial score (nSPS) is 28.1. The van der Waals surface area contributed by atoms with E-state index >= 15 is 0 Å². The first kappa shape index (κ1) is 13.5. The lowest BCUT2D eigenvalue weighted by Crippen LogP contribution is -2.27. The minimum absolute atomic E-state index is 0.0206. The average Bonchev–Trinajstić information content (AvgIpc) is 3.28. The van der Waals surface area contributed by atoms with Gasteiger partial charge in [-0.15, -0.1) is 5.06 Å². The zero-order valence-electron chi connectivity index (χ0n) is 11.7. The molecule has 0 spiro atoms. The van der Waals surface area contributed by atoms with E-state index in [1.54, 1.807) is 24.3 Å². The highest BCUT2D eigenvalue weighted by atomic mass is 16.8. The summed E-state index contributed by atoms with van der Waals surface area (Å²) in [5.74, 6) is 0.715. The number of hydrogen-bond donors (Lipinski definition) is 0. The molecule has 1 aromatic rings. The largest absolute Gasteiger partial charge is 0.270 e. The maximum absolute atomic E-state index is 10.6. The van der Waals surface area contributed by atoms with E-state index in [9.17, 15) is 10.1 Å². The van der Waals surface area contributed by atoms with Gasteiger partial charge >= 0.3 is 0 Å². The molecule has 0 radical (unpaired) electrons. The van der Waals surface area contributed by atoms with Crippen molar-refractivity contribution in [3.63, 3.8) is 0 Å². The molecular weight excluding hydrogens is 256 g/mol. The summed E-state index contributed by atoms with van der Waals surface area (Å²) in [4.78, 5) is 15.9. The van der Waals surface area contributed by atoms with Crippen LogP contribution in [0.5, 0.6) is 0 Å². The van der Waals surface area contributed by atoms with Crippen LogP contribution in [0.1, 0.15) is 50.8 Å². The second-order valence-corrected chi connectivity index (χ2v) is 5.80. The lowest BCUT2D eigenvalue weighted by molar-refractivity contribution is -0.384. The number of hydroxylamine groups is 2. The first-order valence-corrected chi connectivity index (χ1v) is 7.36. The third-order valence-corrected chi connectivity index (χ3v) is 4.53. The van der Waals surface area contributed by atoms with Gasteiger partial charge in [-0.3, -0.25) is 15.0 Å². The zero-order valence-corrected chi connectivity index (χ0v) is 11.7. The minimum Gasteiger partial charge on any atom is -0.270 e. The van der Waals surface area contributed by atoms with Gasteiger partial charge in [-0.2, -0.15) is 0 Å². The van der Waals surface area contributed by atoms with E-state index in [4.69, 9.17) is 4.84 Å². The molecule has 3 atom stereocenters. The van der Waals surface area contributed by atoms with Crippen molar-refractivity contribution in [3.8, 4) is 0 Å². The number of nitrogens with zero attached hydrogens (tertiary/aromatic N) is 2. The van der Waals surface area contributed by atoms with Gasteiger partial charge in [0.25, 0.3) is 5.69 Å². The summed E-state index contributed by atoms with van der Waals surface area (Å²) in [6.45, 7) is 2.22. The Morgan fingerprint density at radius 3 is 2.50 bits per heavy atom. The molecule has 1 saturated heterocycles. The summed E-state index contributed by atoms with van der Waals surface area (Å²) < 4.78 is 0. The molecule has 1 aliphatic heterocycles. The lowest BCUT2D eigenvalue weighted by Gasteiger charge is -2.27. The average molecular weight is 276 g/mol. The number of benzene rings is 1. The molecule has 0 bridgehead atoms. The molecular formula is C15H20N2O3. The van der Waals surface area contributed by atoms with E-state index in [1.807, 2.05) is 5.06 Å². The number of hydrogen-bond acceptors (Lipinski definition) is 4. The standard InChI is InChI=1S/C15H20N2O3/c1-11(12-5-3-2-4-6-12)16-15(20-16)13-7-9-14(10-8-13)17(18)19/h7-12,15H,2-6H2,1H3/t11-,15+,16?/m1/s1. The Morgan fingerprint density at radius 1 is 1.25 bits per heavy atom. The lowest BCUT2D eigenvalue weighted by atomic mass is 9.84. The van der Waals surface area contributed by atoms with Crippen LogP contribution in [0.3, 0.4) is 0 Å². The van der Waals surface area contributed by atoms with Gasteiger partial charge in [-0.05, 0) is 37.8 Å². The van der Waals surface area contributed by atoms with Crippen molar-refractivity contribution in [3.05, 3.63) is 39.9 Å². The maximum atomic E-state index is 10.6. The van der Waals surface area contributed by atoms with Crippen LogP contribution in [0.2, 0.25) is 0 Å². The summed E-state index contributed by atoms with van der Waals surface area (Å²) >= 11 is 0. The monoisotopic (exact) mass is 276 g/mol. The number of nitro benzene ring substituents is 1. The Kier molecular flexibility index (Phi) is 3.72. The molecule has 0 amide bonds. The Morgan fingerprint density at radius 2 is 1.90 bits per heavy atom. The van der Waals surface area contributed by atoms with Crippen molar-refractivity contribution in [2.24, 2.45) is 5.92 Å². The predicted octanol–water partition coefficient (Wildman–Crippen LogP) is 3.81. The van der Waals surface area contributed by atoms with Crippen LogP contribution in [0.4, 0.5) is 5.69 Å². The van der Waals surface area contributed by atoms with E-state index in [1.165, 1.54) is 32.1 Å². The Bertz CT molecular complexity index is 482. The molecule has 1 aliphatic carbocycles. The van der Waals surface area contributed by atoms with Gasteiger partial charge in [0, 0.05) is 23.7 Å². The van der Waals surface area contributed by atoms with Crippen LogP contribution in [-0.4, -0.2) is 16.0 Å². The molecule has 0 N–H and O–H groups in total. The molecule has 1 unspecified atom stereocenters. The minimum atomic E-state index is -0.375. The topological polar surface area (TPSA) is 58.7 Å². The van der Waals surface area contributed by atoms with Gasteiger partial charge in [-0.1, -0.05) is 19.3 Å². The third-order valence-electron chi connectivity index (χ3n) is 4.53. The van der Waals surface area contributed by atoms with Gasteiger partial charge in [0.05, 0.1) is 4.92 Å². The summed E-state index contributed by atoms with van der Waals surface area (Å²) in [6.07, 6.45) is 6.56. The fourth-order valence-electron chi connectivity index (χ4n) is 3.19. The second-order valence-electron chi connectivity index (χ2n) is 5.80. The van der Waals surface area contributed by atoms with Crippen molar-refractivity contribution in [2.45, 2.75) is 51.3 Å². The number of non-ortho nitro benzene ring substituents is 1. The van der Waals surface area contributed by atoms with Gasteiger partial charge in [-0.25, -0.2) is 0 Å². The maximum Gasteiger partial charge on any atom is 0.269 e. The quantitative estimate of drug-likeness (QED) is 0.476. The molecule has 5 nitrogen and oxygen atoms in total. The molecule has 1 saturated carbocycles. The van der Waals surface area contributed by atoms with Crippen LogP contribution < -0.4 is 0 Å². The summed E-state index contributed by atoms with van der Waals surface area (Å²) in [6, 6.07) is 7.09. The first-order chi connectivity index (χ1) is 9.66. The summed E-state index contributed by atoms with van der Waals surface area (Å²) in [7, 11) is 0. The zero-order chi connectivity index (χ0) is 14.1. The van der Waals surface area contributed by atoms with Crippen molar-refractivity contribution in [1.82, 2.24) is 5.06 Å². The summed E-state index contributed by atoms with van der Waals surface area (Å²) in [5.41, 5.74) is 1.12. The molecule has 2 fully saturated rings. The Hall–Kier alpha value is -1.46. The highest BCUT2D eigenvalue weighted by Crippen LogP contribution is 2.43. The van der Waals surface area contributed by atoms with Crippen molar-refractivity contribution in [1.29, 1.82) is 0 Å². The fourth-order valence-corrected chi connectivity index (χ4v) is 3.19.